The van der Waals surface area contributed by atoms with E-state index in [9.17, 15) is 9.90 Å². The molecule has 0 unspecified atom stereocenters. The largest absolute Gasteiger partial charge is 0.386 e. The number of nitrogens with zero attached hydrogens (tertiary/aromatic N) is 3. The maximum absolute atomic E-state index is 11.5. The second-order valence-corrected chi connectivity index (χ2v) is 5.57. The maximum Gasteiger partial charge on any atom is 0.234 e. The van der Waals surface area contributed by atoms with Gasteiger partial charge in [-0.1, -0.05) is 0 Å². The van der Waals surface area contributed by atoms with Gasteiger partial charge >= 0.3 is 0 Å². The van der Waals surface area contributed by atoms with E-state index in [1.807, 2.05) is 11.0 Å². The monoisotopic (exact) mass is 308 g/mol. The number of hydrogen-bond acceptors (Lipinski definition) is 7. The number of hydrogen-bond donors (Lipinski definition) is 4. The van der Waals surface area contributed by atoms with Crippen molar-refractivity contribution in [3.8, 4) is 0 Å². The SMILES string of the molecule is CNCC(=O)NC[C@]1(O)CCCN(c2cc(NC)ncn2)C1. The van der Waals surface area contributed by atoms with Gasteiger partial charge in [0.1, 0.15) is 18.0 Å². The number of β-amino-alcohol motifs (C(OH)–C–C–N with tert-alkyl or cyclic N) is 1. The van der Waals surface area contributed by atoms with Gasteiger partial charge in [0.25, 0.3) is 0 Å². The molecule has 1 aromatic rings. The smallest absolute Gasteiger partial charge is 0.234 e. The Morgan fingerprint density at radius 3 is 3.00 bits per heavy atom. The summed E-state index contributed by atoms with van der Waals surface area (Å²) in [6, 6.07) is 1.85. The van der Waals surface area contributed by atoms with Crippen LogP contribution in [0.1, 0.15) is 12.8 Å². The van der Waals surface area contributed by atoms with Gasteiger partial charge in [0.05, 0.1) is 12.1 Å². The lowest BCUT2D eigenvalue weighted by molar-refractivity contribution is -0.121. The standard InChI is InChI=1S/C14H24N6O2/c1-15-7-13(21)17-8-14(22)4-3-5-20(9-14)12-6-11(16-2)18-10-19-12/h6,10,15,22H,3-5,7-9H2,1-2H3,(H,17,21)(H,16,18,19)/t14-/m1/s1. The van der Waals surface area contributed by atoms with Crippen LogP contribution in [0.3, 0.4) is 0 Å². The summed E-state index contributed by atoms with van der Waals surface area (Å²) >= 11 is 0. The number of anilines is 2. The quantitative estimate of drug-likeness (QED) is 0.545. The van der Waals surface area contributed by atoms with Crippen LogP contribution in [0.5, 0.6) is 0 Å². The Morgan fingerprint density at radius 1 is 1.45 bits per heavy atom. The van der Waals surface area contributed by atoms with Crippen LogP contribution in [0.25, 0.3) is 0 Å². The molecule has 1 aromatic heterocycles. The highest BCUT2D eigenvalue weighted by atomic mass is 16.3. The molecule has 0 radical (unpaired) electrons. The summed E-state index contributed by atoms with van der Waals surface area (Å²) in [6.45, 7) is 1.76. The Labute approximate surface area is 130 Å². The minimum atomic E-state index is -0.938. The van der Waals surface area contributed by atoms with Crippen LogP contribution in [-0.2, 0) is 4.79 Å². The van der Waals surface area contributed by atoms with Gasteiger partial charge in [-0.05, 0) is 19.9 Å². The molecule has 1 aliphatic heterocycles. The van der Waals surface area contributed by atoms with Gasteiger partial charge < -0.3 is 26.0 Å². The first-order valence-corrected chi connectivity index (χ1v) is 7.45. The second-order valence-electron chi connectivity index (χ2n) is 5.57. The van der Waals surface area contributed by atoms with Gasteiger partial charge in [-0.2, -0.15) is 0 Å². The lowest BCUT2D eigenvalue weighted by Crippen LogP contribution is -2.55. The van der Waals surface area contributed by atoms with E-state index in [1.165, 1.54) is 6.33 Å². The maximum atomic E-state index is 11.5. The number of amides is 1. The third-order valence-electron chi connectivity index (χ3n) is 3.74. The predicted octanol–water partition coefficient (Wildman–Crippen LogP) is -0.815. The van der Waals surface area contributed by atoms with Crippen molar-refractivity contribution >= 4 is 17.5 Å². The van der Waals surface area contributed by atoms with Crippen LogP contribution in [0.4, 0.5) is 11.6 Å². The van der Waals surface area contributed by atoms with Gasteiger partial charge in [0.2, 0.25) is 5.91 Å². The van der Waals surface area contributed by atoms with E-state index in [2.05, 4.69) is 25.9 Å². The summed E-state index contributed by atoms with van der Waals surface area (Å²) in [7, 11) is 3.51. The number of aromatic nitrogens is 2. The van der Waals surface area contributed by atoms with Crippen molar-refractivity contribution < 1.29 is 9.90 Å². The molecule has 4 N–H and O–H groups in total. The second kappa shape index (κ2) is 7.37. The molecule has 1 amide bonds. The Hall–Kier alpha value is -1.93. The van der Waals surface area contributed by atoms with Gasteiger partial charge in [0, 0.05) is 32.7 Å². The summed E-state index contributed by atoms with van der Waals surface area (Å²) in [5.41, 5.74) is -0.938. The number of aliphatic hydroxyl groups is 1. The van der Waals surface area contributed by atoms with Gasteiger partial charge in [-0.25, -0.2) is 9.97 Å². The Morgan fingerprint density at radius 2 is 2.27 bits per heavy atom. The number of carbonyl (C=O) groups is 1. The fourth-order valence-electron chi connectivity index (χ4n) is 2.60. The summed E-state index contributed by atoms with van der Waals surface area (Å²) in [5, 5.41) is 19.2. The molecular formula is C14H24N6O2. The van der Waals surface area contributed by atoms with Crippen LogP contribution in [0.2, 0.25) is 0 Å². The number of likely N-dealkylation sites (N-methyl/N-ethyl adjacent to an activating group) is 1. The molecule has 2 heterocycles. The third kappa shape index (κ3) is 4.28. The fraction of sp³-hybridized carbons (Fsp3) is 0.643. The lowest BCUT2D eigenvalue weighted by Gasteiger charge is -2.39. The van der Waals surface area contributed by atoms with Gasteiger partial charge in [-0.15, -0.1) is 0 Å². The number of rotatable bonds is 6. The summed E-state index contributed by atoms with van der Waals surface area (Å²) in [5.74, 6) is 1.40. The zero-order valence-electron chi connectivity index (χ0n) is 13.1. The van der Waals surface area contributed by atoms with Crippen LogP contribution in [0, 0.1) is 0 Å². The summed E-state index contributed by atoms with van der Waals surface area (Å²) < 4.78 is 0. The zero-order chi connectivity index (χ0) is 16.0. The zero-order valence-corrected chi connectivity index (χ0v) is 13.1. The van der Waals surface area contributed by atoms with Crippen molar-refractivity contribution in [2.45, 2.75) is 18.4 Å². The van der Waals surface area contributed by atoms with Crippen LogP contribution < -0.4 is 20.9 Å². The van der Waals surface area contributed by atoms with Crippen LogP contribution >= 0.6 is 0 Å². The van der Waals surface area contributed by atoms with Gasteiger partial charge in [-0.3, -0.25) is 4.79 Å². The summed E-state index contributed by atoms with van der Waals surface area (Å²) in [6.07, 6.45) is 3.01. The molecule has 8 nitrogen and oxygen atoms in total. The van der Waals surface area contributed by atoms with Crippen LogP contribution in [-0.4, -0.2) is 66.9 Å². The van der Waals surface area contributed by atoms with E-state index < -0.39 is 5.60 Å². The minimum absolute atomic E-state index is 0.118. The van der Waals surface area contributed by atoms with Crippen LogP contribution in [0.15, 0.2) is 12.4 Å². The first kappa shape index (κ1) is 16.4. The topological polar surface area (TPSA) is 102 Å². The average Bonchev–Trinajstić information content (AvgIpc) is 2.53. The molecule has 0 aromatic carbocycles. The van der Waals surface area contributed by atoms with E-state index in [-0.39, 0.29) is 19.0 Å². The number of nitrogens with one attached hydrogen (secondary N) is 3. The van der Waals surface area contributed by atoms with Crippen molar-refractivity contribution in [3.05, 3.63) is 12.4 Å². The van der Waals surface area contributed by atoms with Gasteiger partial charge in [0.15, 0.2) is 0 Å². The molecule has 0 aliphatic carbocycles. The molecule has 0 spiro atoms. The molecule has 2 rings (SSSR count). The molecule has 1 saturated heterocycles. The van der Waals surface area contributed by atoms with Crippen molar-refractivity contribution in [2.24, 2.45) is 0 Å². The molecular weight excluding hydrogens is 284 g/mol. The number of carbonyl (C=O) groups excluding carboxylic acids is 1. The highest BCUT2D eigenvalue weighted by Crippen LogP contribution is 2.25. The first-order chi connectivity index (χ1) is 10.6. The average molecular weight is 308 g/mol. The van der Waals surface area contributed by atoms with Crippen molar-refractivity contribution in [2.75, 3.05) is 50.5 Å². The third-order valence-corrected chi connectivity index (χ3v) is 3.74. The fourth-order valence-corrected chi connectivity index (χ4v) is 2.60. The molecule has 0 bridgehead atoms. The number of piperidine rings is 1. The Kier molecular flexibility index (Phi) is 5.51. The van der Waals surface area contributed by atoms with E-state index in [0.29, 0.717) is 13.0 Å². The molecule has 1 aliphatic rings. The van der Waals surface area contributed by atoms with E-state index >= 15 is 0 Å². The highest BCUT2D eigenvalue weighted by Gasteiger charge is 2.34. The first-order valence-electron chi connectivity index (χ1n) is 7.45. The highest BCUT2D eigenvalue weighted by molar-refractivity contribution is 5.78. The minimum Gasteiger partial charge on any atom is -0.386 e. The Bertz CT molecular complexity index is 512. The molecule has 122 valence electrons. The van der Waals surface area contributed by atoms with E-state index in [4.69, 9.17) is 0 Å². The van der Waals surface area contributed by atoms with Crippen molar-refractivity contribution in [1.82, 2.24) is 20.6 Å². The Balaban J connectivity index is 1.99. The molecule has 1 fully saturated rings. The van der Waals surface area contributed by atoms with Crippen molar-refractivity contribution in [3.63, 3.8) is 0 Å². The van der Waals surface area contributed by atoms with E-state index in [1.54, 1.807) is 14.1 Å². The summed E-state index contributed by atoms with van der Waals surface area (Å²) in [4.78, 5) is 21.9. The molecule has 8 heteroatoms. The van der Waals surface area contributed by atoms with E-state index in [0.717, 1.165) is 24.6 Å². The molecule has 0 saturated carbocycles. The normalized spacial score (nSPS) is 21.5. The predicted molar refractivity (Wildman–Crippen MR) is 84.9 cm³/mol. The molecule has 22 heavy (non-hydrogen) atoms. The lowest BCUT2D eigenvalue weighted by atomic mass is 9.92. The van der Waals surface area contributed by atoms with Crippen molar-refractivity contribution in [1.29, 1.82) is 0 Å². The molecule has 1 atom stereocenters.